The predicted octanol–water partition coefficient (Wildman–Crippen LogP) is 11.9. The number of hydrogen-bond acceptors (Lipinski definition) is 7. The first kappa shape index (κ1) is 55.3. The summed E-state index contributed by atoms with van der Waals surface area (Å²) in [5.74, 6) is -1.75. The number of carboxylic acids is 1. The minimum absolute atomic E-state index is 0.0351. The number of allylic oxidation sites excluding steroid dienone is 8. The van der Waals surface area contributed by atoms with Gasteiger partial charge in [0.05, 0.1) is 40.3 Å². The fourth-order valence-corrected chi connectivity index (χ4v) is 6.79. The van der Waals surface area contributed by atoms with Gasteiger partial charge >= 0.3 is 11.9 Å². The third-order valence-electron chi connectivity index (χ3n) is 10.4. The summed E-state index contributed by atoms with van der Waals surface area (Å²) in [6, 6.07) is -0.729. The Balaban J connectivity index is 4.32. The molecule has 0 aliphatic rings. The molecule has 0 aromatic heterocycles. The van der Waals surface area contributed by atoms with E-state index in [9.17, 15) is 19.5 Å². The third-order valence-corrected chi connectivity index (χ3v) is 10.4. The van der Waals surface area contributed by atoms with E-state index in [2.05, 4.69) is 62.5 Å². The molecule has 0 amide bonds. The topological polar surface area (TPSA) is 102 Å². The van der Waals surface area contributed by atoms with Gasteiger partial charge in [-0.05, 0) is 70.6 Å². The van der Waals surface area contributed by atoms with Crippen molar-refractivity contribution in [3.8, 4) is 0 Å². The van der Waals surface area contributed by atoms with E-state index >= 15 is 0 Å². The predicted molar refractivity (Wildman–Crippen MR) is 240 cm³/mol. The summed E-state index contributed by atoms with van der Waals surface area (Å²) >= 11 is 0. The highest BCUT2D eigenvalue weighted by Gasteiger charge is 2.25. The lowest BCUT2D eigenvalue weighted by atomic mass is 10.1. The number of aliphatic carboxylic acids is 1. The average Bonchev–Trinajstić information content (AvgIpc) is 3.18. The molecule has 0 saturated carbocycles. The van der Waals surface area contributed by atoms with E-state index in [0.717, 1.165) is 70.6 Å². The van der Waals surface area contributed by atoms with Crippen LogP contribution in [-0.4, -0.2) is 75.5 Å². The first-order valence-electron chi connectivity index (χ1n) is 23.7. The molecule has 0 fully saturated rings. The molecule has 0 heterocycles. The van der Waals surface area contributed by atoms with Crippen LogP contribution in [0.4, 0.5) is 0 Å². The molecular formula is C50H89NO7. The molecule has 2 atom stereocenters. The van der Waals surface area contributed by atoms with Crippen molar-refractivity contribution in [3.05, 3.63) is 48.6 Å². The van der Waals surface area contributed by atoms with Gasteiger partial charge in [-0.15, -0.1) is 0 Å². The van der Waals surface area contributed by atoms with E-state index in [4.69, 9.17) is 14.2 Å². The highest BCUT2D eigenvalue weighted by atomic mass is 16.6. The lowest BCUT2D eigenvalue weighted by Crippen LogP contribution is -2.55. The quantitative estimate of drug-likeness (QED) is 0.0262. The molecule has 2 unspecified atom stereocenters. The molecule has 58 heavy (non-hydrogen) atoms. The summed E-state index contributed by atoms with van der Waals surface area (Å²) in [6.45, 7) is 4.54. The molecule has 0 radical (unpaired) electrons. The maximum Gasteiger partial charge on any atom is 0.306 e. The number of ether oxygens (including phenoxy) is 3. The number of carbonyl (C=O) groups excluding carboxylic acids is 3. The van der Waals surface area contributed by atoms with Crippen LogP contribution in [0.25, 0.3) is 0 Å². The van der Waals surface area contributed by atoms with Gasteiger partial charge in [0, 0.05) is 19.3 Å². The second-order valence-electron chi connectivity index (χ2n) is 17.0. The molecule has 0 aromatic rings. The van der Waals surface area contributed by atoms with Crippen LogP contribution in [0.3, 0.4) is 0 Å². The van der Waals surface area contributed by atoms with Crippen molar-refractivity contribution in [1.82, 2.24) is 0 Å². The zero-order valence-electron chi connectivity index (χ0n) is 38.2. The van der Waals surface area contributed by atoms with Gasteiger partial charge in [0.15, 0.2) is 6.10 Å². The number of likely N-dealkylation sites (N-methyl/N-ethyl adjacent to an activating group) is 1. The second kappa shape index (κ2) is 41.0. The largest absolute Gasteiger partial charge is 0.544 e. The van der Waals surface area contributed by atoms with E-state index in [1.54, 1.807) is 21.1 Å². The summed E-state index contributed by atoms with van der Waals surface area (Å²) in [5, 5.41) is 11.6. The molecule has 0 aliphatic heterocycles. The van der Waals surface area contributed by atoms with Gasteiger partial charge in [0.25, 0.3) is 0 Å². The number of esters is 2. The van der Waals surface area contributed by atoms with Crippen molar-refractivity contribution in [2.45, 2.75) is 212 Å². The van der Waals surface area contributed by atoms with Crippen LogP contribution in [0.15, 0.2) is 48.6 Å². The summed E-state index contributed by atoms with van der Waals surface area (Å²) in [4.78, 5) is 36.9. The first-order chi connectivity index (χ1) is 28.1. The number of rotatable bonds is 42. The Morgan fingerprint density at radius 3 is 1.45 bits per heavy atom. The van der Waals surface area contributed by atoms with Crippen LogP contribution >= 0.6 is 0 Å². The van der Waals surface area contributed by atoms with E-state index in [-0.39, 0.29) is 42.7 Å². The van der Waals surface area contributed by atoms with E-state index in [0.29, 0.717) is 12.8 Å². The maximum atomic E-state index is 12.7. The number of hydrogen-bond donors (Lipinski definition) is 0. The van der Waals surface area contributed by atoms with E-state index < -0.39 is 18.1 Å². The molecule has 336 valence electrons. The number of carboxylic acid groups (broad SMARTS) is 1. The summed E-state index contributed by atoms with van der Waals surface area (Å²) in [7, 11) is 5.40. The van der Waals surface area contributed by atoms with Crippen molar-refractivity contribution in [3.63, 3.8) is 0 Å². The summed E-state index contributed by atoms with van der Waals surface area (Å²) < 4.78 is 17.2. The van der Waals surface area contributed by atoms with Gasteiger partial charge in [-0.1, -0.05) is 159 Å². The monoisotopic (exact) mass is 816 g/mol. The zero-order chi connectivity index (χ0) is 42.8. The van der Waals surface area contributed by atoms with Crippen LogP contribution in [0.5, 0.6) is 0 Å². The van der Waals surface area contributed by atoms with Crippen LogP contribution in [-0.2, 0) is 28.6 Å². The zero-order valence-corrected chi connectivity index (χ0v) is 38.2. The Kier molecular flexibility index (Phi) is 39.1. The Labute approximate surface area is 356 Å². The van der Waals surface area contributed by atoms with E-state index in [1.807, 2.05) is 0 Å². The van der Waals surface area contributed by atoms with Gasteiger partial charge in [-0.3, -0.25) is 9.59 Å². The van der Waals surface area contributed by atoms with Gasteiger partial charge in [0.2, 0.25) is 0 Å². The number of quaternary nitrogens is 1. The van der Waals surface area contributed by atoms with Gasteiger partial charge in [-0.2, -0.15) is 0 Å². The lowest BCUT2D eigenvalue weighted by Gasteiger charge is -2.34. The fourth-order valence-electron chi connectivity index (χ4n) is 6.79. The van der Waals surface area contributed by atoms with Crippen LogP contribution in [0.1, 0.15) is 200 Å². The minimum atomic E-state index is -1.13. The first-order valence-corrected chi connectivity index (χ1v) is 23.7. The SMILES string of the molecule is CC/C=C\C/C=C\C/C=C\CCCCCCCCCC(=O)OC(COCCC(C(=O)[O-])[N+](C)(C)C)COC(=O)CCCCCCCCC/C=C\CCCCCCCC. The van der Waals surface area contributed by atoms with Crippen molar-refractivity contribution in [2.75, 3.05) is 41.0 Å². The van der Waals surface area contributed by atoms with E-state index in [1.165, 1.54) is 96.3 Å². The fraction of sp³-hybridized carbons (Fsp3) is 0.780. The van der Waals surface area contributed by atoms with Crippen molar-refractivity contribution in [2.24, 2.45) is 0 Å². The number of nitrogens with zero attached hydrogens (tertiary/aromatic N) is 1. The smallest absolute Gasteiger partial charge is 0.306 e. The molecule has 0 aliphatic carbocycles. The Bertz CT molecular complexity index is 1090. The molecule has 0 rings (SSSR count). The van der Waals surface area contributed by atoms with Crippen molar-refractivity contribution >= 4 is 17.9 Å². The number of unbranched alkanes of at least 4 members (excludes halogenated alkanes) is 20. The number of carbonyl (C=O) groups is 3. The summed E-state index contributed by atoms with van der Waals surface area (Å²) in [6.07, 6.45) is 48.4. The third kappa shape index (κ3) is 38.8. The van der Waals surface area contributed by atoms with Crippen LogP contribution in [0, 0.1) is 0 Å². The van der Waals surface area contributed by atoms with Crippen molar-refractivity contribution in [1.29, 1.82) is 0 Å². The molecule has 0 aromatic carbocycles. The minimum Gasteiger partial charge on any atom is -0.544 e. The lowest BCUT2D eigenvalue weighted by molar-refractivity contribution is -0.889. The highest BCUT2D eigenvalue weighted by Crippen LogP contribution is 2.14. The molecule has 8 nitrogen and oxygen atoms in total. The molecular weight excluding hydrogens is 727 g/mol. The molecule has 8 heteroatoms. The summed E-state index contributed by atoms with van der Waals surface area (Å²) in [5.41, 5.74) is 0. The highest BCUT2D eigenvalue weighted by molar-refractivity contribution is 5.70. The molecule has 0 bridgehead atoms. The van der Waals surface area contributed by atoms with Gasteiger partial charge < -0.3 is 28.6 Å². The van der Waals surface area contributed by atoms with Crippen LogP contribution < -0.4 is 5.11 Å². The average molecular weight is 816 g/mol. The Morgan fingerprint density at radius 1 is 0.534 bits per heavy atom. The van der Waals surface area contributed by atoms with Crippen molar-refractivity contribution < 1.29 is 38.2 Å². The van der Waals surface area contributed by atoms with Gasteiger partial charge in [-0.25, -0.2) is 0 Å². The second-order valence-corrected chi connectivity index (χ2v) is 17.0. The normalized spacial score (nSPS) is 13.3. The standard InChI is InChI=1S/C50H89NO7/c1-6-8-10-12-14-16-18-20-22-24-26-28-30-32-34-36-38-40-48(52)57-45-46(44-56-43-42-47(50(54)55)51(3,4)5)58-49(53)41-39-37-35-33-31-29-27-25-23-21-19-17-15-13-11-9-7-2/h9,11,15,17,20-23,46-47H,6-8,10,12-14,16,18-19,24-45H2,1-5H3/b11-9-,17-15-,22-20-,23-21-. The Hall–Kier alpha value is -2.71. The molecule has 0 saturated heterocycles. The van der Waals surface area contributed by atoms with Crippen LogP contribution in [0.2, 0.25) is 0 Å². The maximum absolute atomic E-state index is 12.7. The van der Waals surface area contributed by atoms with Gasteiger partial charge in [0.1, 0.15) is 12.6 Å². The molecule has 0 spiro atoms. The molecule has 0 N–H and O–H groups in total. The Morgan fingerprint density at radius 2 is 0.966 bits per heavy atom.